The zero-order chi connectivity index (χ0) is 11.4. The van der Waals surface area contributed by atoms with Crippen LogP contribution in [0.15, 0.2) is 47.5 Å². The molecule has 3 nitrogen and oxygen atoms in total. The number of fused-ring (bicyclic) bond motifs is 1. The van der Waals surface area contributed by atoms with Crippen molar-refractivity contribution in [1.29, 1.82) is 0 Å². The van der Waals surface area contributed by atoms with E-state index in [1.54, 1.807) is 0 Å². The SMILES string of the molecule is COC(=O)C=Nc1ccc2ccccc2c1. The second-order valence-electron chi connectivity index (χ2n) is 3.31. The topological polar surface area (TPSA) is 38.7 Å². The molecule has 80 valence electrons. The van der Waals surface area contributed by atoms with Crippen LogP contribution in [0.4, 0.5) is 5.69 Å². The maximum atomic E-state index is 10.9. The molecular formula is C13H11NO2. The molecule has 0 spiro atoms. The zero-order valence-corrected chi connectivity index (χ0v) is 8.88. The molecule has 0 aliphatic heterocycles. The van der Waals surface area contributed by atoms with Gasteiger partial charge in [-0.25, -0.2) is 9.79 Å². The molecule has 0 fully saturated rings. The van der Waals surface area contributed by atoms with Crippen LogP contribution in [0.25, 0.3) is 10.8 Å². The minimum atomic E-state index is -0.451. The number of carbonyl (C=O) groups excluding carboxylic acids is 1. The third-order valence-electron chi connectivity index (χ3n) is 2.25. The maximum Gasteiger partial charge on any atom is 0.349 e. The van der Waals surface area contributed by atoms with Crippen LogP contribution in [0.3, 0.4) is 0 Å². The summed E-state index contributed by atoms with van der Waals surface area (Å²) in [6.45, 7) is 0. The van der Waals surface area contributed by atoms with E-state index < -0.39 is 5.97 Å². The molecule has 0 heterocycles. The monoisotopic (exact) mass is 213 g/mol. The molecule has 0 unspecified atom stereocenters. The Morgan fingerprint density at radius 2 is 1.94 bits per heavy atom. The lowest BCUT2D eigenvalue weighted by Gasteiger charge is -1.98. The summed E-state index contributed by atoms with van der Waals surface area (Å²) < 4.78 is 4.47. The van der Waals surface area contributed by atoms with Gasteiger partial charge in [-0.3, -0.25) is 0 Å². The molecule has 0 amide bonds. The van der Waals surface area contributed by atoms with Crippen molar-refractivity contribution in [2.75, 3.05) is 7.11 Å². The van der Waals surface area contributed by atoms with Gasteiger partial charge in [0.1, 0.15) is 6.21 Å². The Bertz CT molecular complexity index is 546. The summed E-state index contributed by atoms with van der Waals surface area (Å²) in [6, 6.07) is 13.8. The molecule has 0 aliphatic rings. The largest absolute Gasteiger partial charge is 0.465 e. The molecule has 0 N–H and O–H groups in total. The highest BCUT2D eigenvalue weighted by atomic mass is 16.5. The number of rotatable bonds is 2. The fraction of sp³-hybridized carbons (Fsp3) is 0.0769. The van der Waals surface area contributed by atoms with Crippen molar-refractivity contribution in [3.8, 4) is 0 Å². The fourth-order valence-electron chi connectivity index (χ4n) is 1.44. The van der Waals surface area contributed by atoms with E-state index in [9.17, 15) is 4.79 Å². The zero-order valence-electron chi connectivity index (χ0n) is 8.88. The van der Waals surface area contributed by atoms with Crippen LogP contribution in [-0.2, 0) is 9.53 Å². The minimum absolute atomic E-state index is 0.451. The van der Waals surface area contributed by atoms with Gasteiger partial charge in [0.2, 0.25) is 0 Å². The fourth-order valence-corrected chi connectivity index (χ4v) is 1.44. The molecule has 3 heteroatoms. The van der Waals surface area contributed by atoms with Gasteiger partial charge in [0.25, 0.3) is 0 Å². The number of hydrogen-bond donors (Lipinski definition) is 0. The average Bonchev–Trinajstić information content (AvgIpc) is 2.35. The Morgan fingerprint density at radius 3 is 2.69 bits per heavy atom. The summed E-state index contributed by atoms with van der Waals surface area (Å²) in [5.74, 6) is -0.451. The van der Waals surface area contributed by atoms with Crippen molar-refractivity contribution in [3.63, 3.8) is 0 Å². The van der Waals surface area contributed by atoms with Gasteiger partial charge in [0, 0.05) is 0 Å². The lowest BCUT2D eigenvalue weighted by molar-refractivity contribution is -0.132. The van der Waals surface area contributed by atoms with Crippen LogP contribution in [0.1, 0.15) is 0 Å². The van der Waals surface area contributed by atoms with Crippen molar-refractivity contribution in [3.05, 3.63) is 42.5 Å². The van der Waals surface area contributed by atoms with Gasteiger partial charge in [0.15, 0.2) is 0 Å². The summed E-state index contributed by atoms with van der Waals surface area (Å²) in [6.07, 6.45) is 1.17. The Hall–Kier alpha value is -2.16. The van der Waals surface area contributed by atoms with Crippen LogP contribution < -0.4 is 0 Å². The van der Waals surface area contributed by atoms with Crippen molar-refractivity contribution in [2.24, 2.45) is 4.99 Å². The van der Waals surface area contributed by atoms with E-state index in [-0.39, 0.29) is 0 Å². The van der Waals surface area contributed by atoms with E-state index in [1.807, 2.05) is 42.5 Å². The highest BCUT2D eigenvalue weighted by Gasteiger charge is 1.95. The van der Waals surface area contributed by atoms with Crippen molar-refractivity contribution < 1.29 is 9.53 Å². The Kier molecular flexibility index (Phi) is 2.96. The summed E-state index contributed by atoms with van der Waals surface area (Å²) in [5, 5.41) is 2.25. The summed E-state index contributed by atoms with van der Waals surface area (Å²) in [4.78, 5) is 14.9. The molecule has 0 bridgehead atoms. The Labute approximate surface area is 93.4 Å². The molecule has 0 saturated carbocycles. The van der Waals surface area contributed by atoms with Crippen molar-refractivity contribution in [1.82, 2.24) is 0 Å². The molecule has 0 saturated heterocycles. The number of aliphatic imine (C=N–C) groups is 1. The Morgan fingerprint density at radius 1 is 1.19 bits per heavy atom. The van der Waals surface area contributed by atoms with E-state index in [0.29, 0.717) is 0 Å². The minimum Gasteiger partial charge on any atom is -0.465 e. The molecule has 0 aliphatic carbocycles. The van der Waals surface area contributed by atoms with Gasteiger partial charge in [-0.05, 0) is 22.9 Å². The van der Waals surface area contributed by atoms with Gasteiger partial charge in [-0.15, -0.1) is 0 Å². The molecule has 2 aromatic rings. The summed E-state index contributed by atoms with van der Waals surface area (Å²) >= 11 is 0. The predicted octanol–water partition coefficient (Wildman–Crippen LogP) is 2.72. The van der Waals surface area contributed by atoms with Gasteiger partial charge in [-0.1, -0.05) is 30.3 Å². The first-order valence-electron chi connectivity index (χ1n) is 4.90. The quantitative estimate of drug-likeness (QED) is 0.568. The predicted molar refractivity (Wildman–Crippen MR) is 64.1 cm³/mol. The van der Waals surface area contributed by atoms with Gasteiger partial charge >= 0.3 is 5.97 Å². The van der Waals surface area contributed by atoms with Gasteiger partial charge < -0.3 is 4.74 Å². The van der Waals surface area contributed by atoms with E-state index in [2.05, 4.69) is 9.73 Å². The average molecular weight is 213 g/mol. The molecular weight excluding hydrogens is 202 g/mol. The van der Waals surface area contributed by atoms with E-state index in [4.69, 9.17) is 0 Å². The van der Waals surface area contributed by atoms with Crippen molar-refractivity contribution >= 4 is 28.6 Å². The number of nitrogens with zero attached hydrogens (tertiary/aromatic N) is 1. The maximum absolute atomic E-state index is 10.9. The summed E-state index contributed by atoms with van der Waals surface area (Å²) in [7, 11) is 1.33. The Balaban J connectivity index is 2.33. The van der Waals surface area contributed by atoms with Crippen molar-refractivity contribution in [2.45, 2.75) is 0 Å². The van der Waals surface area contributed by atoms with Gasteiger partial charge in [0.05, 0.1) is 12.8 Å². The van der Waals surface area contributed by atoms with Crippen LogP contribution in [0, 0.1) is 0 Å². The van der Waals surface area contributed by atoms with Crippen LogP contribution in [0.2, 0.25) is 0 Å². The number of carbonyl (C=O) groups is 1. The molecule has 0 aromatic heterocycles. The molecule has 2 aromatic carbocycles. The van der Waals surface area contributed by atoms with E-state index in [1.165, 1.54) is 13.3 Å². The number of esters is 1. The first-order chi connectivity index (χ1) is 7.79. The van der Waals surface area contributed by atoms with E-state index in [0.717, 1.165) is 16.5 Å². The second-order valence-corrected chi connectivity index (χ2v) is 3.31. The summed E-state index contributed by atoms with van der Waals surface area (Å²) in [5.41, 5.74) is 0.740. The normalized spacial score (nSPS) is 10.8. The number of hydrogen-bond acceptors (Lipinski definition) is 3. The number of methoxy groups -OCH3 is 1. The number of ether oxygens (including phenoxy) is 1. The number of benzene rings is 2. The van der Waals surface area contributed by atoms with Gasteiger partial charge in [-0.2, -0.15) is 0 Å². The first-order valence-corrected chi connectivity index (χ1v) is 4.90. The third-order valence-corrected chi connectivity index (χ3v) is 2.25. The smallest absolute Gasteiger partial charge is 0.349 e. The third kappa shape index (κ3) is 2.25. The van der Waals surface area contributed by atoms with E-state index >= 15 is 0 Å². The molecule has 16 heavy (non-hydrogen) atoms. The first kappa shape index (κ1) is 10.4. The highest BCUT2D eigenvalue weighted by molar-refractivity contribution is 6.23. The molecule has 2 rings (SSSR count). The van der Waals surface area contributed by atoms with Crippen LogP contribution in [0.5, 0.6) is 0 Å². The van der Waals surface area contributed by atoms with Crippen LogP contribution >= 0.6 is 0 Å². The second kappa shape index (κ2) is 4.57. The lowest BCUT2D eigenvalue weighted by Crippen LogP contribution is -1.99. The standard InChI is InChI=1S/C13H11NO2/c1-16-13(15)9-14-12-7-6-10-4-2-3-5-11(10)8-12/h2-9H,1H3. The lowest BCUT2D eigenvalue weighted by atomic mass is 10.1. The van der Waals surface area contributed by atoms with Crippen LogP contribution in [-0.4, -0.2) is 19.3 Å². The molecule has 0 atom stereocenters. The highest BCUT2D eigenvalue weighted by Crippen LogP contribution is 2.20. The molecule has 0 radical (unpaired) electrons.